The van der Waals surface area contributed by atoms with Crippen LogP contribution in [0.25, 0.3) is 0 Å². The molecule has 0 heterocycles. The zero-order valence-corrected chi connectivity index (χ0v) is 17.2. The van der Waals surface area contributed by atoms with Crippen LogP contribution in [0, 0.1) is 22.7 Å². The number of urea groups is 1. The lowest BCUT2D eigenvalue weighted by molar-refractivity contribution is -0.118. The molecule has 2 aliphatic carbocycles. The van der Waals surface area contributed by atoms with Crippen LogP contribution in [0.5, 0.6) is 0 Å². The first kappa shape index (κ1) is 19.7. The van der Waals surface area contributed by atoms with Crippen molar-refractivity contribution in [3.05, 3.63) is 29.8 Å². The van der Waals surface area contributed by atoms with Crippen molar-refractivity contribution in [2.75, 3.05) is 5.32 Å². The molecule has 2 bridgehead atoms. The third kappa shape index (κ3) is 3.69. The van der Waals surface area contributed by atoms with Gasteiger partial charge in [0.15, 0.2) is 0 Å². The summed E-state index contributed by atoms with van der Waals surface area (Å²) < 4.78 is 0. The summed E-state index contributed by atoms with van der Waals surface area (Å²) in [5.41, 5.74) is 2.26. The molecule has 0 saturated heterocycles. The fraction of sp³-hybridized carbons (Fsp3) is 0.636. The summed E-state index contributed by atoms with van der Waals surface area (Å²) in [6.45, 7) is 11.2. The Morgan fingerprint density at radius 1 is 1.15 bits per heavy atom. The molecular formula is C22H33N3O2. The summed E-state index contributed by atoms with van der Waals surface area (Å²) in [5, 5.41) is 9.06. The maximum atomic E-state index is 12.4. The summed E-state index contributed by atoms with van der Waals surface area (Å²) in [7, 11) is 0. The number of benzene rings is 1. The molecule has 3 rings (SSSR count). The summed E-state index contributed by atoms with van der Waals surface area (Å²) in [6.07, 6.45) is 3.56. The third-order valence-electron chi connectivity index (χ3n) is 7.30. The summed E-state index contributed by atoms with van der Waals surface area (Å²) in [5.74, 6) is 0.664. The van der Waals surface area contributed by atoms with E-state index in [0.29, 0.717) is 17.9 Å². The Morgan fingerprint density at radius 2 is 1.81 bits per heavy atom. The highest BCUT2D eigenvalue weighted by Crippen LogP contribution is 2.65. The average molecular weight is 372 g/mol. The highest BCUT2D eigenvalue weighted by Gasteiger charge is 2.61. The lowest BCUT2D eigenvalue weighted by Crippen LogP contribution is -2.49. The standard InChI is InChI=1S/C22H33N3O2/c1-14(2)19(26)24-17-8-6-15(7-9-17)13-23-20(27)25-18-12-16-10-11-22(18,5)21(16,3)4/h6-9,14,16,18H,10-13H2,1-5H3,(H,24,26)(H2,23,25,27)/t16-,18+,22+/m1/s1. The van der Waals surface area contributed by atoms with E-state index in [-0.39, 0.29) is 29.3 Å². The SMILES string of the molecule is CC(C)C(=O)Nc1ccc(CNC(=O)N[C@H]2C[C@H]3CC[C@]2(C)C3(C)C)cc1. The second-order valence-corrected chi connectivity index (χ2v) is 9.33. The van der Waals surface area contributed by atoms with E-state index in [2.05, 4.69) is 36.7 Å². The minimum Gasteiger partial charge on any atom is -0.335 e. The monoisotopic (exact) mass is 371 g/mol. The maximum Gasteiger partial charge on any atom is 0.315 e. The molecular weight excluding hydrogens is 338 g/mol. The van der Waals surface area contributed by atoms with Crippen LogP contribution in [0.4, 0.5) is 10.5 Å². The van der Waals surface area contributed by atoms with Gasteiger partial charge in [0.2, 0.25) is 5.91 Å². The van der Waals surface area contributed by atoms with Gasteiger partial charge in [-0.2, -0.15) is 0 Å². The smallest absolute Gasteiger partial charge is 0.315 e. The van der Waals surface area contributed by atoms with Crippen molar-refractivity contribution in [2.24, 2.45) is 22.7 Å². The van der Waals surface area contributed by atoms with Crippen molar-refractivity contribution < 1.29 is 9.59 Å². The second-order valence-electron chi connectivity index (χ2n) is 9.33. The zero-order valence-electron chi connectivity index (χ0n) is 17.2. The molecule has 0 radical (unpaired) electrons. The van der Waals surface area contributed by atoms with Gasteiger partial charge in [0.25, 0.3) is 0 Å². The predicted octanol–water partition coefficient (Wildman–Crippen LogP) is 4.30. The fourth-order valence-electron chi connectivity index (χ4n) is 4.81. The van der Waals surface area contributed by atoms with E-state index in [4.69, 9.17) is 0 Å². The first-order valence-corrected chi connectivity index (χ1v) is 10.1. The number of rotatable bonds is 5. The molecule has 5 heteroatoms. The molecule has 2 fully saturated rings. The second kappa shape index (κ2) is 7.17. The Hall–Kier alpha value is -2.04. The van der Waals surface area contributed by atoms with Gasteiger partial charge in [0.05, 0.1) is 0 Å². The molecule has 0 aromatic heterocycles. The molecule has 27 heavy (non-hydrogen) atoms. The molecule has 2 saturated carbocycles. The topological polar surface area (TPSA) is 70.2 Å². The van der Waals surface area contributed by atoms with Crippen LogP contribution < -0.4 is 16.0 Å². The van der Waals surface area contributed by atoms with Crippen molar-refractivity contribution in [3.63, 3.8) is 0 Å². The van der Waals surface area contributed by atoms with Gasteiger partial charge in [0.1, 0.15) is 0 Å². The minimum atomic E-state index is -0.0956. The number of hydrogen-bond donors (Lipinski definition) is 3. The van der Waals surface area contributed by atoms with Gasteiger partial charge in [0, 0.05) is 24.2 Å². The molecule has 148 valence electrons. The van der Waals surface area contributed by atoms with Gasteiger partial charge in [-0.15, -0.1) is 0 Å². The number of carbonyl (C=O) groups is 2. The normalized spacial score (nSPS) is 28.2. The average Bonchev–Trinajstić information content (AvgIpc) is 2.94. The lowest BCUT2D eigenvalue weighted by atomic mass is 9.69. The van der Waals surface area contributed by atoms with Crippen molar-refractivity contribution in [2.45, 2.75) is 66.5 Å². The van der Waals surface area contributed by atoms with Gasteiger partial charge in [-0.3, -0.25) is 4.79 Å². The Kier molecular flexibility index (Phi) is 5.24. The third-order valence-corrected chi connectivity index (χ3v) is 7.30. The number of amides is 3. The van der Waals surface area contributed by atoms with E-state index >= 15 is 0 Å². The summed E-state index contributed by atoms with van der Waals surface area (Å²) in [6, 6.07) is 7.75. The number of nitrogens with one attached hydrogen (secondary N) is 3. The molecule has 0 spiro atoms. The minimum absolute atomic E-state index is 0.00235. The fourth-order valence-corrected chi connectivity index (χ4v) is 4.81. The van der Waals surface area contributed by atoms with Gasteiger partial charge in [-0.05, 0) is 53.7 Å². The molecule has 2 aliphatic rings. The van der Waals surface area contributed by atoms with Crippen LogP contribution in [0.15, 0.2) is 24.3 Å². The van der Waals surface area contributed by atoms with Crippen molar-refractivity contribution >= 4 is 17.6 Å². The van der Waals surface area contributed by atoms with Crippen molar-refractivity contribution in [1.29, 1.82) is 0 Å². The molecule has 0 aliphatic heterocycles. The van der Waals surface area contributed by atoms with Crippen molar-refractivity contribution in [1.82, 2.24) is 10.6 Å². The van der Waals surface area contributed by atoms with Gasteiger partial charge in [-0.25, -0.2) is 4.79 Å². The number of hydrogen-bond acceptors (Lipinski definition) is 2. The molecule has 3 N–H and O–H groups in total. The maximum absolute atomic E-state index is 12.4. The molecule has 0 unspecified atom stereocenters. The van der Waals surface area contributed by atoms with Gasteiger partial charge < -0.3 is 16.0 Å². The highest BCUT2D eigenvalue weighted by molar-refractivity contribution is 5.92. The van der Waals surface area contributed by atoms with Crippen LogP contribution in [0.3, 0.4) is 0 Å². The van der Waals surface area contributed by atoms with E-state index in [9.17, 15) is 9.59 Å². The molecule has 5 nitrogen and oxygen atoms in total. The molecule has 3 atom stereocenters. The van der Waals surface area contributed by atoms with Gasteiger partial charge >= 0.3 is 6.03 Å². The van der Waals surface area contributed by atoms with E-state index in [1.807, 2.05) is 38.1 Å². The van der Waals surface area contributed by atoms with Crippen LogP contribution >= 0.6 is 0 Å². The highest BCUT2D eigenvalue weighted by atomic mass is 16.2. The number of fused-ring (bicyclic) bond motifs is 2. The first-order chi connectivity index (χ1) is 12.6. The molecule has 1 aromatic rings. The Morgan fingerprint density at radius 3 is 2.33 bits per heavy atom. The predicted molar refractivity (Wildman–Crippen MR) is 108 cm³/mol. The molecule has 1 aromatic carbocycles. The summed E-state index contributed by atoms with van der Waals surface area (Å²) >= 11 is 0. The Balaban J connectivity index is 1.49. The largest absolute Gasteiger partial charge is 0.335 e. The van der Waals surface area contributed by atoms with E-state index in [1.165, 1.54) is 12.8 Å². The Bertz CT molecular complexity index is 711. The van der Waals surface area contributed by atoms with Crippen LogP contribution in [0.2, 0.25) is 0 Å². The van der Waals surface area contributed by atoms with Crippen LogP contribution in [-0.4, -0.2) is 18.0 Å². The quantitative estimate of drug-likeness (QED) is 0.722. The lowest BCUT2D eigenvalue weighted by Gasteiger charge is -2.39. The van der Waals surface area contributed by atoms with Crippen molar-refractivity contribution in [3.8, 4) is 0 Å². The number of carbonyl (C=O) groups excluding carboxylic acids is 2. The van der Waals surface area contributed by atoms with Crippen LogP contribution in [-0.2, 0) is 11.3 Å². The Labute approximate surface area is 162 Å². The van der Waals surface area contributed by atoms with Crippen LogP contribution in [0.1, 0.15) is 59.4 Å². The summed E-state index contributed by atoms with van der Waals surface area (Å²) in [4.78, 5) is 24.1. The van der Waals surface area contributed by atoms with Gasteiger partial charge in [-0.1, -0.05) is 46.8 Å². The van der Waals surface area contributed by atoms with E-state index in [1.54, 1.807) is 0 Å². The number of anilines is 1. The first-order valence-electron chi connectivity index (χ1n) is 10.1. The molecule has 3 amide bonds. The van der Waals surface area contributed by atoms with E-state index < -0.39 is 0 Å². The van der Waals surface area contributed by atoms with E-state index in [0.717, 1.165) is 17.7 Å². The zero-order chi connectivity index (χ0) is 19.8.